The second kappa shape index (κ2) is 9.88. The van der Waals surface area contributed by atoms with Crippen LogP contribution < -0.4 is 10.6 Å². The minimum Gasteiger partial charge on any atom is -0.481 e. The Hall–Kier alpha value is -1.10. The fourth-order valence-corrected chi connectivity index (χ4v) is 1.85. The monoisotopic (exact) mass is 258 g/mol. The number of rotatable bonds is 10. The van der Waals surface area contributed by atoms with Crippen molar-refractivity contribution in [3.05, 3.63) is 0 Å². The van der Waals surface area contributed by atoms with E-state index in [2.05, 4.69) is 24.5 Å². The van der Waals surface area contributed by atoms with E-state index in [4.69, 9.17) is 5.11 Å². The SMILES string of the molecule is CCCNCC(=O)NCC(CC(=O)O)CC(C)C. The van der Waals surface area contributed by atoms with Crippen LogP contribution >= 0.6 is 0 Å². The van der Waals surface area contributed by atoms with Gasteiger partial charge < -0.3 is 15.7 Å². The molecule has 0 aromatic heterocycles. The van der Waals surface area contributed by atoms with E-state index in [1.807, 2.05) is 6.92 Å². The van der Waals surface area contributed by atoms with E-state index in [-0.39, 0.29) is 18.2 Å². The Balaban J connectivity index is 3.93. The second-order valence-electron chi connectivity index (χ2n) is 5.07. The molecule has 0 aromatic carbocycles. The van der Waals surface area contributed by atoms with Crippen molar-refractivity contribution in [3.63, 3.8) is 0 Å². The maximum Gasteiger partial charge on any atom is 0.303 e. The normalized spacial score (nSPS) is 12.4. The van der Waals surface area contributed by atoms with Gasteiger partial charge in [-0.2, -0.15) is 0 Å². The molecule has 106 valence electrons. The number of nitrogens with one attached hydrogen (secondary N) is 2. The smallest absolute Gasteiger partial charge is 0.303 e. The average Bonchev–Trinajstić information content (AvgIpc) is 2.25. The molecule has 1 amide bonds. The second-order valence-corrected chi connectivity index (χ2v) is 5.07. The third kappa shape index (κ3) is 10.1. The summed E-state index contributed by atoms with van der Waals surface area (Å²) in [4.78, 5) is 22.2. The predicted octanol–water partition coefficient (Wildman–Crippen LogP) is 1.24. The zero-order valence-corrected chi connectivity index (χ0v) is 11.7. The highest BCUT2D eigenvalue weighted by atomic mass is 16.4. The number of carboxylic acids is 1. The fourth-order valence-electron chi connectivity index (χ4n) is 1.85. The summed E-state index contributed by atoms with van der Waals surface area (Å²) in [5.74, 6) is -0.427. The van der Waals surface area contributed by atoms with E-state index < -0.39 is 5.97 Å². The topological polar surface area (TPSA) is 78.4 Å². The Labute approximate surface area is 109 Å². The summed E-state index contributed by atoms with van der Waals surface area (Å²) in [6, 6.07) is 0. The van der Waals surface area contributed by atoms with Crippen LogP contribution in [-0.2, 0) is 9.59 Å². The van der Waals surface area contributed by atoms with Gasteiger partial charge in [0.05, 0.1) is 6.54 Å². The van der Waals surface area contributed by atoms with Gasteiger partial charge in [0.2, 0.25) is 5.91 Å². The van der Waals surface area contributed by atoms with Gasteiger partial charge in [-0.05, 0) is 31.2 Å². The van der Waals surface area contributed by atoms with Crippen LogP contribution in [0.15, 0.2) is 0 Å². The number of hydrogen-bond acceptors (Lipinski definition) is 3. The number of hydrogen-bond donors (Lipinski definition) is 3. The molecule has 0 fully saturated rings. The van der Waals surface area contributed by atoms with Crippen LogP contribution in [0.1, 0.15) is 40.0 Å². The van der Waals surface area contributed by atoms with Crippen molar-refractivity contribution in [1.29, 1.82) is 0 Å². The zero-order chi connectivity index (χ0) is 14.0. The molecule has 5 nitrogen and oxygen atoms in total. The molecule has 0 aliphatic heterocycles. The molecule has 0 aromatic rings. The molecule has 1 unspecified atom stereocenters. The maximum atomic E-state index is 11.5. The van der Waals surface area contributed by atoms with Gasteiger partial charge in [0, 0.05) is 13.0 Å². The molecule has 0 heterocycles. The predicted molar refractivity (Wildman–Crippen MR) is 71.4 cm³/mol. The summed E-state index contributed by atoms with van der Waals surface area (Å²) in [5.41, 5.74) is 0. The van der Waals surface area contributed by atoms with Crippen LogP contribution in [0, 0.1) is 11.8 Å². The lowest BCUT2D eigenvalue weighted by Crippen LogP contribution is -2.37. The lowest BCUT2D eigenvalue weighted by molar-refractivity contribution is -0.138. The molecular formula is C13H26N2O3. The van der Waals surface area contributed by atoms with Gasteiger partial charge >= 0.3 is 5.97 Å². The first kappa shape index (κ1) is 16.9. The molecular weight excluding hydrogens is 232 g/mol. The summed E-state index contributed by atoms with van der Waals surface area (Å²) in [6.07, 6.45) is 1.91. The highest BCUT2D eigenvalue weighted by Crippen LogP contribution is 2.14. The van der Waals surface area contributed by atoms with Gasteiger partial charge in [-0.15, -0.1) is 0 Å². The molecule has 0 bridgehead atoms. The Morgan fingerprint density at radius 2 is 1.94 bits per heavy atom. The number of carboxylic acid groups (broad SMARTS) is 1. The fraction of sp³-hybridized carbons (Fsp3) is 0.846. The minimum absolute atomic E-state index is 0.0117. The molecule has 0 radical (unpaired) electrons. The Morgan fingerprint density at radius 1 is 1.28 bits per heavy atom. The number of carbonyl (C=O) groups excluding carboxylic acids is 1. The minimum atomic E-state index is -0.806. The Bertz CT molecular complexity index is 255. The molecule has 3 N–H and O–H groups in total. The van der Waals surface area contributed by atoms with Crippen LogP contribution in [0.4, 0.5) is 0 Å². The molecule has 0 rings (SSSR count). The quantitative estimate of drug-likeness (QED) is 0.515. The number of aliphatic carboxylic acids is 1. The maximum absolute atomic E-state index is 11.5. The van der Waals surface area contributed by atoms with Crippen LogP contribution in [-0.4, -0.2) is 36.6 Å². The van der Waals surface area contributed by atoms with Gasteiger partial charge in [0.15, 0.2) is 0 Å². The molecule has 0 spiro atoms. The molecule has 5 heteroatoms. The van der Waals surface area contributed by atoms with Crippen LogP contribution in [0.25, 0.3) is 0 Å². The van der Waals surface area contributed by atoms with Crippen LogP contribution in [0.2, 0.25) is 0 Å². The third-order valence-electron chi connectivity index (χ3n) is 2.57. The van der Waals surface area contributed by atoms with Crippen LogP contribution in [0.5, 0.6) is 0 Å². The number of amides is 1. The average molecular weight is 258 g/mol. The van der Waals surface area contributed by atoms with Crippen molar-refractivity contribution in [1.82, 2.24) is 10.6 Å². The van der Waals surface area contributed by atoms with E-state index in [0.717, 1.165) is 19.4 Å². The first-order valence-corrected chi connectivity index (χ1v) is 6.64. The van der Waals surface area contributed by atoms with Crippen LogP contribution in [0.3, 0.4) is 0 Å². The van der Waals surface area contributed by atoms with Crippen molar-refractivity contribution in [3.8, 4) is 0 Å². The molecule has 0 saturated heterocycles. The first-order chi connectivity index (χ1) is 8.45. The van der Waals surface area contributed by atoms with E-state index in [1.54, 1.807) is 0 Å². The van der Waals surface area contributed by atoms with E-state index in [9.17, 15) is 9.59 Å². The van der Waals surface area contributed by atoms with Gasteiger partial charge in [0.25, 0.3) is 0 Å². The zero-order valence-electron chi connectivity index (χ0n) is 11.7. The van der Waals surface area contributed by atoms with E-state index in [0.29, 0.717) is 19.0 Å². The van der Waals surface area contributed by atoms with E-state index in [1.165, 1.54) is 0 Å². The highest BCUT2D eigenvalue weighted by Gasteiger charge is 2.15. The standard InChI is InChI=1S/C13H26N2O3/c1-4-5-14-9-12(16)15-8-11(6-10(2)3)7-13(17)18/h10-11,14H,4-9H2,1-3H3,(H,15,16)(H,17,18). The lowest BCUT2D eigenvalue weighted by atomic mass is 9.94. The van der Waals surface area contributed by atoms with Crippen molar-refractivity contribution >= 4 is 11.9 Å². The van der Waals surface area contributed by atoms with Crippen molar-refractivity contribution in [2.75, 3.05) is 19.6 Å². The Kier molecular flexibility index (Phi) is 9.28. The lowest BCUT2D eigenvalue weighted by Gasteiger charge is -2.17. The van der Waals surface area contributed by atoms with Crippen molar-refractivity contribution < 1.29 is 14.7 Å². The molecule has 0 saturated carbocycles. The molecule has 18 heavy (non-hydrogen) atoms. The first-order valence-electron chi connectivity index (χ1n) is 6.64. The van der Waals surface area contributed by atoms with Gasteiger partial charge in [0.1, 0.15) is 0 Å². The van der Waals surface area contributed by atoms with Crippen molar-refractivity contribution in [2.45, 2.75) is 40.0 Å². The van der Waals surface area contributed by atoms with E-state index >= 15 is 0 Å². The van der Waals surface area contributed by atoms with Gasteiger partial charge in [-0.1, -0.05) is 20.8 Å². The summed E-state index contributed by atoms with van der Waals surface area (Å²) in [7, 11) is 0. The molecule has 0 aliphatic carbocycles. The highest BCUT2D eigenvalue weighted by molar-refractivity contribution is 5.78. The number of carbonyl (C=O) groups is 2. The molecule has 0 aliphatic rings. The third-order valence-corrected chi connectivity index (χ3v) is 2.57. The largest absolute Gasteiger partial charge is 0.481 e. The summed E-state index contributed by atoms with van der Waals surface area (Å²) in [6.45, 7) is 7.71. The summed E-state index contributed by atoms with van der Waals surface area (Å²) in [5, 5.41) is 14.6. The summed E-state index contributed by atoms with van der Waals surface area (Å²) < 4.78 is 0. The Morgan fingerprint density at radius 3 is 2.44 bits per heavy atom. The van der Waals surface area contributed by atoms with Gasteiger partial charge in [-0.3, -0.25) is 9.59 Å². The summed E-state index contributed by atoms with van der Waals surface area (Å²) >= 11 is 0. The van der Waals surface area contributed by atoms with Gasteiger partial charge in [-0.25, -0.2) is 0 Å². The van der Waals surface area contributed by atoms with Crippen molar-refractivity contribution in [2.24, 2.45) is 11.8 Å². The molecule has 1 atom stereocenters.